The predicted molar refractivity (Wildman–Crippen MR) is 112 cm³/mol. The van der Waals surface area contributed by atoms with E-state index in [1.54, 1.807) is 49.4 Å². The van der Waals surface area contributed by atoms with E-state index in [9.17, 15) is 18.0 Å². The van der Waals surface area contributed by atoms with Gasteiger partial charge in [0.2, 0.25) is 0 Å². The zero-order valence-electron chi connectivity index (χ0n) is 16.5. The van der Waals surface area contributed by atoms with Crippen molar-refractivity contribution < 1.29 is 22.7 Å². The molecule has 0 spiro atoms. The quantitative estimate of drug-likeness (QED) is 0.625. The van der Waals surface area contributed by atoms with Crippen molar-refractivity contribution in [2.24, 2.45) is 0 Å². The minimum absolute atomic E-state index is 0.169. The van der Waals surface area contributed by atoms with Crippen LogP contribution in [0.1, 0.15) is 23.0 Å². The first-order valence-corrected chi connectivity index (χ1v) is 11.1. The lowest BCUT2D eigenvalue weighted by molar-refractivity contribution is 0.0946. The molecule has 0 aliphatic rings. The van der Waals surface area contributed by atoms with Crippen LogP contribution >= 0.6 is 0 Å². The van der Waals surface area contributed by atoms with Crippen LogP contribution in [0.25, 0.3) is 10.9 Å². The van der Waals surface area contributed by atoms with Gasteiger partial charge in [0, 0.05) is 24.7 Å². The number of para-hydroxylation sites is 1. The molecule has 9 heteroatoms. The van der Waals surface area contributed by atoms with Crippen LogP contribution in [-0.2, 0) is 16.4 Å². The maximum absolute atomic E-state index is 12.5. The molecule has 156 valence electrons. The van der Waals surface area contributed by atoms with Gasteiger partial charge in [-0.3, -0.25) is 4.79 Å². The molecule has 0 fully saturated rings. The first-order valence-electron chi connectivity index (χ1n) is 9.20. The highest BCUT2D eigenvalue weighted by molar-refractivity contribution is 7.90. The Balaban J connectivity index is 1.75. The number of nitrogens with zero attached hydrogens (tertiary/aromatic N) is 1. The van der Waals surface area contributed by atoms with Crippen LogP contribution in [0.5, 0.6) is 5.75 Å². The van der Waals surface area contributed by atoms with Crippen molar-refractivity contribution in [1.82, 2.24) is 15.6 Å². The van der Waals surface area contributed by atoms with Crippen molar-refractivity contribution in [3.63, 3.8) is 0 Å². The molecule has 2 amide bonds. The van der Waals surface area contributed by atoms with Gasteiger partial charge in [0.15, 0.2) is 15.6 Å². The number of sulfone groups is 1. The van der Waals surface area contributed by atoms with Crippen molar-refractivity contribution in [3.8, 4) is 5.75 Å². The van der Waals surface area contributed by atoms with E-state index in [-0.39, 0.29) is 22.9 Å². The largest absolute Gasteiger partial charge is 0.412 e. The summed E-state index contributed by atoms with van der Waals surface area (Å²) < 4.78 is 28.3. The van der Waals surface area contributed by atoms with Crippen LogP contribution in [0.2, 0.25) is 0 Å². The summed E-state index contributed by atoms with van der Waals surface area (Å²) in [4.78, 5) is 28.8. The van der Waals surface area contributed by atoms with Gasteiger partial charge in [0.05, 0.1) is 4.90 Å². The molecule has 1 aromatic heterocycles. The summed E-state index contributed by atoms with van der Waals surface area (Å²) in [5, 5.41) is 6.02. The summed E-state index contributed by atoms with van der Waals surface area (Å²) in [6.45, 7) is 2.41. The number of nitrogens with one attached hydrogen (secondary N) is 2. The third kappa shape index (κ3) is 5.12. The molecule has 0 aliphatic heterocycles. The number of hydrogen-bond acceptors (Lipinski definition) is 6. The van der Waals surface area contributed by atoms with Crippen LogP contribution < -0.4 is 15.4 Å². The Labute approximate surface area is 174 Å². The maximum atomic E-state index is 12.5. The number of carbonyl (C=O) groups excluding carboxylic acids is 2. The number of rotatable bonds is 6. The SMILES string of the molecule is CCNC(=O)Oc1cccc2ccc(C(=O)NCc3ccc(S(C)(=O)=O)cc3)nc12. The lowest BCUT2D eigenvalue weighted by Crippen LogP contribution is -2.26. The van der Waals surface area contributed by atoms with Crippen molar-refractivity contribution in [1.29, 1.82) is 0 Å². The van der Waals surface area contributed by atoms with Gasteiger partial charge in [-0.15, -0.1) is 0 Å². The Hall–Kier alpha value is -3.46. The molecule has 3 rings (SSSR count). The fraction of sp³-hybridized carbons (Fsp3) is 0.190. The predicted octanol–water partition coefficient (Wildman–Crippen LogP) is 2.68. The zero-order chi connectivity index (χ0) is 21.7. The summed E-state index contributed by atoms with van der Waals surface area (Å²) >= 11 is 0. The fourth-order valence-electron chi connectivity index (χ4n) is 2.74. The monoisotopic (exact) mass is 427 g/mol. The van der Waals surface area contributed by atoms with E-state index in [2.05, 4.69) is 15.6 Å². The molecule has 0 saturated heterocycles. The molecule has 0 saturated carbocycles. The highest BCUT2D eigenvalue weighted by Gasteiger charge is 2.13. The molecule has 2 aromatic carbocycles. The minimum Gasteiger partial charge on any atom is -0.408 e. The van der Waals surface area contributed by atoms with E-state index in [1.807, 2.05) is 0 Å². The number of fused-ring (bicyclic) bond motifs is 1. The highest BCUT2D eigenvalue weighted by atomic mass is 32.2. The maximum Gasteiger partial charge on any atom is 0.412 e. The Morgan fingerprint density at radius 2 is 1.73 bits per heavy atom. The van der Waals surface area contributed by atoms with Crippen LogP contribution in [0, 0.1) is 0 Å². The lowest BCUT2D eigenvalue weighted by Gasteiger charge is -2.09. The normalized spacial score (nSPS) is 11.1. The number of ether oxygens (including phenoxy) is 1. The Morgan fingerprint density at radius 3 is 2.40 bits per heavy atom. The molecule has 0 unspecified atom stereocenters. The molecule has 8 nitrogen and oxygen atoms in total. The molecule has 1 heterocycles. The second kappa shape index (κ2) is 8.91. The first-order chi connectivity index (χ1) is 14.3. The van der Waals surface area contributed by atoms with E-state index in [1.165, 1.54) is 12.1 Å². The van der Waals surface area contributed by atoms with Crippen LogP contribution in [0.4, 0.5) is 4.79 Å². The molecule has 0 bridgehead atoms. The van der Waals surface area contributed by atoms with Gasteiger partial charge in [-0.05, 0) is 36.8 Å². The second-order valence-electron chi connectivity index (χ2n) is 6.54. The zero-order valence-corrected chi connectivity index (χ0v) is 17.3. The molecule has 3 aromatic rings. The van der Waals surface area contributed by atoms with Crippen LogP contribution in [0.15, 0.2) is 59.5 Å². The van der Waals surface area contributed by atoms with Gasteiger partial charge >= 0.3 is 6.09 Å². The molecule has 30 heavy (non-hydrogen) atoms. The van der Waals surface area contributed by atoms with E-state index < -0.39 is 21.8 Å². The number of benzene rings is 2. The molecule has 0 aliphatic carbocycles. The smallest absolute Gasteiger partial charge is 0.408 e. The second-order valence-corrected chi connectivity index (χ2v) is 8.56. The average molecular weight is 427 g/mol. The fourth-order valence-corrected chi connectivity index (χ4v) is 3.37. The van der Waals surface area contributed by atoms with Crippen LogP contribution in [-0.4, -0.2) is 38.2 Å². The molecule has 2 N–H and O–H groups in total. The number of carbonyl (C=O) groups is 2. The average Bonchev–Trinajstić information content (AvgIpc) is 2.72. The molecular formula is C21H21N3O5S. The van der Waals surface area contributed by atoms with Gasteiger partial charge in [-0.1, -0.05) is 30.3 Å². The van der Waals surface area contributed by atoms with Gasteiger partial charge < -0.3 is 15.4 Å². The lowest BCUT2D eigenvalue weighted by atomic mass is 10.2. The van der Waals surface area contributed by atoms with E-state index in [4.69, 9.17) is 4.74 Å². The topological polar surface area (TPSA) is 114 Å². The van der Waals surface area contributed by atoms with Crippen LogP contribution in [0.3, 0.4) is 0 Å². The summed E-state index contributed by atoms with van der Waals surface area (Å²) in [5.41, 5.74) is 1.31. The number of pyridine rings is 1. The van der Waals surface area contributed by atoms with Gasteiger partial charge in [0.25, 0.3) is 5.91 Å². The van der Waals surface area contributed by atoms with Crippen molar-refractivity contribution >= 4 is 32.7 Å². The first kappa shape index (κ1) is 21.3. The third-order valence-corrected chi connectivity index (χ3v) is 5.37. The van der Waals surface area contributed by atoms with Gasteiger partial charge in [-0.2, -0.15) is 0 Å². The molecular weight excluding hydrogens is 406 g/mol. The van der Waals surface area contributed by atoms with Gasteiger partial charge in [-0.25, -0.2) is 18.2 Å². The van der Waals surface area contributed by atoms with Gasteiger partial charge in [0.1, 0.15) is 11.2 Å². The van der Waals surface area contributed by atoms with E-state index in [0.29, 0.717) is 12.1 Å². The standard InChI is InChI=1S/C21H21N3O5S/c1-3-22-21(26)29-18-6-4-5-15-9-12-17(24-19(15)18)20(25)23-13-14-7-10-16(11-8-14)30(2,27)28/h4-12H,3,13H2,1-2H3,(H,22,26)(H,23,25). The number of aromatic nitrogens is 1. The molecule has 0 atom stereocenters. The Morgan fingerprint density at radius 1 is 1.00 bits per heavy atom. The van der Waals surface area contributed by atoms with Crippen molar-refractivity contribution in [2.45, 2.75) is 18.4 Å². The highest BCUT2D eigenvalue weighted by Crippen LogP contribution is 2.24. The summed E-state index contributed by atoms with van der Waals surface area (Å²) in [7, 11) is -3.27. The molecule has 0 radical (unpaired) electrons. The van der Waals surface area contributed by atoms with Crippen molar-refractivity contribution in [2.75, 3.05) is 12.8 Å². The summed E-state index contributed by atoms with van der Waals surface area (Å²) in [5.74, 6) is -0.152. The third-order valence-electron chi connectivity index (χ3n) is 4.24. The van der Waals surface area contributed by atoms with E-state index >= 15 is 0 Å². The minimum atomic E-state index is -3.27. The summed E-state index contributed by atoms with van der Waals surface area (Å²) in [6.07, 6.45) is 0.540. The Bertz CT molecular complexity index is 1190. The summed E-state index contributed by atoms with van der Waals surface area (Å²) in [6, 6.07) is 14.7. The number of amides is 2. The van der Waals surface area contributed by atoms with E-state index in [0.717, 1.165) is 17.2 Å². The Kier molecular flexibility index (Phi) is 6.31. The number of hydrogen-bond donors (Lipinski definition) is 2. The van der Waals surface area contributed by atoms with Crippen molar-refractivity contribution in [3.05, 3.63) is 65.9 Å².